The third-order valence-corrected chi connectivity index (χ3v) is 10.3. The van der Waals surface area contributed by atoms with Crippen molar-refractivity contribution < 1.29 is 8.83 Å². The van der Waals surface area contributed by atoms with E-state index < -0.39 is 0 Å². The fraction of sp³-hybridized carbons (Fsp3) is 0. The van der Waals surface area contributed by atoms with Crippen LogP contribution in [-0.2, 0) is 0 Å². The number of benzene rings is 8. The maximum Gasteiger partial charge on any atom is 0.164 e. The summed E-state index contributed by atoms with van der Waals surface area (Å²) in [5, 5.41) is 6.57. The van der Waals surface area contributed by atoms with E-state index in [0.29, 0.717) is 17.5 Å². The Kier molecular flexibility index (Phi) is 6.79. The minimum Gasteiger partial charge on any atom is -0.456 e. The largest absolute Gasteiger partial charge is 0.456 e. The van der Waals surface area contributed by atoms with Crippen LogP contribution in [0.15, 0.2) is 185 Å². The standard InChI is InChI=1S/C49H29N3O2/c1-2-10-30(11-3-1)31-20-23-33(24-21-31)47-50-48(35-13-8-12-34(28-35)37-16-9-19-43-45(37)38-14-4-6-17-41(38)53-43)52-49(51-47)36-25-22-32-26-27-44-46(40(32)29-36)39-15-5-7-18-42(39)54-44/h1-29H. The molecule has 5 nitrogen and oxygen atoms in total. The van der Waals surface area contributed by atoms with Gasteiger partial charge in [0.1, 0.15) is 22.3 Å². The molecule has 0 unspecified atom stereocenters. The maximum atomic E-state index is 6.25. The van der Waals surface area contributed by atoms with E-state index in [2.05, 4.69) is 133 Å². The molecule has 11 rings (SSSR count). The summed E-state index contributed by atoms with van der Waals surface area (Å²) >= 11 is 0. The van der Waals surface area contributed by atoms with Gasteiger partial charge in [0.05, 0.1) is 0 Å². The van der Waals surface area contributed by atoms with Gasteiger partial charge in [-0.3, -0.25) is 0 Å². The quantitative estimate of drug-likeness (QED) is 0.180. The number of rotatable bonds is 5. The number of hydrogen-bond acceptors (Lipinski definition) is 5. The smallest absolute Gasteiger partial charge is 0.164 e. The van der Waals surface area contributed by atoms with Gasteiger partial charge < -0.3 is 8.83 Å². The molecule has 0 bridgehead atoms. The highest BCUT2D eigenvalue weighted by Gasteiger charge is 2.17. The van der Waals surface area contributed by atoms with Gasteiger partial charge in [-0.05, 0) is 69.4 Å². The summed E-state index contributed by atoms with van der Waals surface area (Å²) in [7, 11) is 0. The van der Waals surface area contributed by atoms with Crippen molar-refractivity contribution in [3.8, 4) is 56.4 Å². The van der Waals surface area contributed by atoms with E-state index in [4.69, 9.17) is 23.8 Å². The highest BCUT2D eigenvalue weighted by atomic mass is 16.3. The molecule has 11 aromatic rings. The van der Waals surface area contributed by atoms with E-state index in [1.807, 2.05) is 42.5 Å². The Morgan fingerprint density at radius 3 is 1.56 bits per heavy atom. The number of para-hydroxylation sites is 2. The third kappa shape index (κ3) is 4.98. The molecule has 0 saturated heterocycles. The molecule has 54 heavy (non-hydrogen) atoms. The van der Waals surface area contributed by atoms with Crippen LogP contribution in [0.5, 0.6) is 0 Å². The molecule has 0 fully saturated rings. The second-order valence-corrected chi connectivity index (χ2v) is 13.6. The van der Waals surface area contributed by atoms with Gasteiger partial charge in [0.2, 0.25) is 0 Å². The van der Waals surface area contributed by atoms with Crippen molar-refractivity contribution in [1.29, 1.82) is 0 Å². The van der Waals surface area contributed by atoms with Crippen LogP contribution in [0.4, 0.5) is 0 Å². The average Bonchev–Trinajstić information content (AvgIpc) is 3.83. The lowest BCUT2D eigenvalue weighted by Gasteiger charge is -2.11. The molecular weight excluding hydrogens is 663 g/mol. The number of hydrogen-bond donors (Lipinski definition) is 0. The Labute approximate surface area is 309 Å². The molecular formula is C49H29N3O2. The molecule has 8 aromatic carbocycles. The van der Waals surface area contributed by atoms with Crippen LogP contribution in [0.3, 0.4) is 0 Å². The Bertz CT molecular complexity index is 3210. The first-order chi connectivity index (χ1) is 26.7. The summed E-state index contributed by atoms with van der Waals surface area (Å²) in [4.78, 5) is 15.4. The summed E-state index contributed by atoms with van der Waals surface area (Å²) in [6.45, 7) is 0. The molecule has 0 spiro atoms. The van der Waals surface area contributed by atoms with Crippen LogP contribution in [0.25, 0.3) is 111 Å². The summed E-state index contributed by atoms with van der Waals surface area (Å²) in [5.74, 6) is 1.80. The van der Waals surface area contributed by atoms with Gasteiger partial charge in [0, 0.05) is 38.2 Å². The Hall–Kier alpha value is -7.37. The van der Waals surface area contributed by atoms with E-state index >= 15 is 0 Å². The van der Waals surface area contributed by atoms with Gasteiger partial charge in [-0.2, -0.15) is 0 Å². The average molecular weight is 692 g/mol. The Balaban J connectivity index is 1.09. The molecule has 0 aliphatic heterocycles. The first-order valence-corrected chi connectivity index (χ1v) is 18.0. The fourth-order valence-corrected chi connectivity index (χ4v) is 7.73. The van der Waals surface area contributed by atoms with Gasteiger partial charge in [-0.1, -0.05) is 140 Å². The van der Waals surface area contributed by atoms with Crippen LogP contribution >= 0.6 is 0 Å². The van der Waals surface area contributed by atoms with Crippen molar-refractivity contribution in [2.24, 2.45) is 0 Å². The second-order valence-electron chi connectivity index (χ2n) is 13.6. The first kappa shape index (κ1) is 30.3. The fourth-order valence-electron chi connectivity index (χ4n) is 7.73. The van der Waals surface area contributed by atoms with Crippen LogP contribution in [-0.4, -0.2) is 15.0 Å². The molecule has 3 heterocycles. The number of furan rings is 2. The zero-order valence-corrected chi connectivity index (χ0v) is 28.9. The normalized spacial score (nSPS) is 11.7. The first-order valence-electron chi connectivity index (χ1n) is 18.0. The third-order valence-electron chi connectivity index (χ3n) is 10.3. The zero-order chi connectivity index (χ0) is 35.6. The van der Waals surface area contributed by atoms with Crippen molar-refractivity contribution in [3.05, 3.63) is 176 Å². The van der Waals surface area contributed by atoms with Crippen molar-refractivity contribution >= 4 is 54.6 Å². The Morgan fingerprint density at radius 1 is 0.296 bits per heavy atom. The molecule has 0 saturated carbocycles. The van der Waals surface area contributed by atoms with Crippen LogP contribution in [0.2, 0.25) is 0 Å². The predicted molar refractivity (Wildman–Crippen MR) is 219 cm³/mol. The van der Waals surface area contributed by atoms with E-state index in [9.17, 15) is 0 Å². The molecule has 0 N–H and O–H groups in total. The highest BCUT2D eigenvalue weighted by Crippen LogP contribution is 2.39. The maximum absolute atomic E-state index is 6.25. The van der Waals surface area contributed by atoms with E-state index in [0.717, 1.165) is 93.6 Å². The summed E-state index contributed by atoms with van der Waals surface area (Å²) in [5.41, 5.74) is 10.6. The molecule has 0 aliphatic rings. The molecule has 3 aromatic heterocycles. The highest BCUT2D eigenvalue weighted by molar-refractivity contribution is 6.19. The SMILES string of the molecule is c1ccc(-c2ccc(-c3nc(-c4cccc(-c5cccc6oc7ccccc7c56)c4)nc(-c4ccc5ccc6oc7ccccc7c6c5c4)n3)cc2)cc1. The van der Waals surface area contributed by atoms with Crippen molar-refractivity contribution in [2.75, 3.05) is 0 Å². The number of nitrogens with zero attached hydrogens (tertiary/aromatic N) is 3. The van der Waals surface area contributed by atoms with Crippen LogP contribution < -0.4 is 0 Å². The molecule has 0 amide bonds. The number of aromatic nitrogens is 3. The predicted octanol–water partition coefficient (Wildman–Crippen LogP) is 13.2. The van der Waals surface area contributed by atoms with Crippen molar-refractivity contribution in [2.45, 2.75) is 0 Å². The molecule has 0 aliphatic carbocycles. The molecule has 252 valence electrons. The zero-order valence-electron chi connectivity index (χ0n) is 28.9. The van der Waals surface area contributed by atoms with E-state index in [1.165, 1.54) is 0 Å². The van der Waals surface area contributed by atoms with Gasteiger partial charge >= 0.3 is 0 Å². The minimum absolute atomic E-state index is 0.597. The minimum atomic E-state index is 0.597. The number of fused-ring (bicyclic) bond motifs is 8. The van der Waals surface area contributed by atoms with Gasteiger partial charge in [-0.15, -0.1) is 0 Å². The van der Waals surface area contributed by atoms with Crippen molar-refractivity contribution in [1.82, 2.24) is 15.0 Å². The summed E-state index contributed by atoms with van der Waals surface area (Å²) in [6.07, 6.45) is 0. The monoisotopic (exact) mass is 691 g/mol. The van der Waals surface area contributed by atoms with Gasteiger partial charge in [0.25, 0.3) is 0 Å². The Morgan fingerprint density at radius 2 is 0.796 bits per heavy atom. The topological polar surface area (TPSA) is 65.0 Å². The van der Waals surface area contributed by atoms with Gasteiger partial charge in [0.15, 0.2) is 17.5 Å². The van der Waals surface area contributed by atoms with Crippen molar-refractivity contribution in [3.63, 3.8) is 0 Å². The second kappa shape index (κ2) is 12.1. The molecule has 0 atom stereocenters. The molecule has 5 heteroatoms. The lowest BCUT2D eigenvalue weighted by molar-refractivity contribution is 0.668. The summed E-state index contributed by atoms with van der Waals surface area (Å²) < 4.78 is 12.5. The summed E-state index contributed by atoms with van der Waals surface area (Å²) in [6, 6.07) is 60.4. The van der Waals surface area contributed by atoms with Crippen LogP contribution in [0.1, 0.15) is 0 Å². The molecule has 0 radical (unpaired) electrons. The lowest BCUT2D eigenvalue weighted by Crippen LogP contribution is -2.00. The lowest BCUT2D eigenvalue weighted by atomic mass is 9.97. The van der Waals surface area contributed by atoms with E-state index in [1.54, 1.807) is 0 Å². The van der Waals surface area contributed by atoms with E-state index in [-0.39, 0.29) is 0 Å². The van der Waals surface area contributed by atoms with Crippen LogP contribution in [0, 0.1) is 0 Å². The van der Waals surface area contributed by atoms with Gasteiger partial charge in [-0.25, -0.2) is 15.0 Å².